The molecular formula is C11H8BrF3N6O2. The highest BCUT2D eigenvalue weighted by Crippen LogP contribution is 2.13. The van der Waals surface area contributed by atoms with Crippen molar-refractivity contribution in [3.63, 3.8) is 0 Å². The van der Waals surface area contributed by atoms with Gasteiger partial charge in [0.15, 0.2) is 0 Å². The second-order valence-corrected chi connectivity index (χ2v) is 4.88. The Morgan fingerprint density at radius 2 is 2.09 bits per heavy atom. The first-order valence-electron chi connectivity index (χ1n) is 5.88. The Hall–Kier alpha value is -2.50. The fourth-order valence-electron chi connectivity index (χ4n) is 1.45. The van der Waals surface area contributed by atoms with Crippen LogP contribution in [0, 0.1) is 0 Å². The van der Waals surface area contributed by atoms with Crippen LogP contribution in [0.25, 0.3) is 5.78 Å². The Morgan fingerprint density at radius 3 is 2.65 bits per heavy atom. The van der Waals surface area contributed by atoms with Gasteiger partial charge in [0, 0.05) is 6.20 Å². The topological polar surface area (TPSA) is 98.2 Å². The first kappa shape index (κ1) is 16.9. The molecule has 0 amide bonds. The summed E-state index contributed by atoms with van der Waals surface area (Å²) in [6.07, 6.45) is 1.73. The first-order chi connectivity index (χ1) is 10.8. The number of hydrogen-bond donors (Lipinski definition) is 1. The van der Waals surface area contributed by atoms with E-state index in [0.29, 0.717) is 12.3 Å². The normalized spacial score (nSPS) is 11.1. The average Bonchev–Trinajstić information content (AvgIpc) is 3.09. The first-order valence-corrected chi connectivity index (χ1v) is 6.67. The molecule has 0 aliphatic carbocycles. The number of hydrogen-bond acceptors (Lipinski definition) is 5. The number of aliphatic carboxylic acids is 1. The summed E-state index contributed by atoms with van der Waals surface area (Å²) in [6.45, 7) is 0.598. The molecular weight excluding hydrogens is 385 g/mol. The number of halogens is 4. The maximum absolute atomic E-state index is 10.6. The van der Waals surface area contributed by atoms with Crippen molar-refractivity contribution in [3.05, 3.63) is 41.4 Å². The van der Waals surface area contributed by atoms with Crippen molar-refractivity contribution in [1.82, 2.24) is 29.1 Å². The van der Waals surface area contributed by atoms with Crippen LogP contribution < -0.4 is 0 Å². The molecule has 3 aromatic rings. The largest absolute Gasteiger partial charge is 0.490 e. The molecule has 0 aliphatic rings. The zero-order valence-corrected chi connectivity index (χ0v) is 12.7. The Labute approximate surface area is 134 Å². The van der Waals surface area contributed by atoms with Crippen LogP contribution in [0.1, 0.15) is 5.69 Å². The Bertz CT molecular complexity index is 802. The van der Waals surface area contributed by atoms with E-state index in [9.17, 15) is 13.2 Å². The molecule has 12 heteroatoms. The second-order valence-electron chi connectivity index (χ2n) is 4.07. The van der Waals surface area contributed by atoms with Crippen LogP contribution in [0.3, 0.4) is 0 Å². The number of carboxylic acid groups (broad SMARTS) is 1. The monoisotopic (exact) mass is 392 g/mol. The maximum atomic E-state index is 10.6. The van der Waals surface area contributed by atoms with Crippen molar-refractivity contribution in [2.75, 3.05) is 0 Å². The summed E-state index contributed by atoms with van der Waals surface area (Å²) in [6, 6.07) is 1.93. The lowest BCUT2D eigenvalue weighted by atomic mass is 10.4. The van der Waals surface area contributed by atoms with Crippen molar-refractivity contribution in [2.45, 2.75) is 12.7 Å². The summed E-state index contributed by atoms with van der Waals surface area (Å²) < 4.78 is 36.2. The lowest BCUT2D eigenvalue weighted by molar-refractivity contribution is -0.192. The minimum absolute atomic E-state index is 0.598. The number of fused-ring (bicyclic) bond motifs is 1. The van der Waals surface area contributed by atoms with Crippen LogP contribution in [-0.4, -0.2) is 46.4 Å². The van der Waals surface area contributed by atoms with Gasteiger partial charge in [0.1, 0.15) is 17.3 Å². The number of carboxylic acids is 1. The van der Waals surface area contributed by atoms with E-state index in [0.717, 1.165) is 10.3 Å². The van der Waals surface area contributed by atoms with E-state index in [4.69, 9.17) is 9.90 Å². The van der Waals surface area contributed by atoms with E-state index in [1.165, 1.54) is 6.33 Å². The second kappa shape index (κ2) is 6.73. The van der Waals surface area contributed by atoms with E-state index in [1.54, 1.807) is 17.2 Å². The van der Waals surface area contributed by atoms with Gasteiger partial charge in [0.25, 0.3) is 0 Å². The van der Waals surface area contributed by atoms with Crippen molar-refractivity contribution < 1.29 is 23.1 Å². The van der Waals surface area contributed by atoms with Crippen LogP contribution in [0.2, 0.25) is 0 Å². The SMILES string of the molecule is Brc1cnc2nc(Cn3cncn3)ccn12.O=C(O)C(F)(F)F. The predicted octanol–water partition coefficient (Wildman–Crippen LogP) is 1.76. The number of rotatable bonds is 2. The molecule has 0 spiro atoms. The number of alkyl halides is 3. The number of aromatic nitrogens is 6. The molecule has 3 heterocycles. The third kappa shape index (κ3) is 4.48. The minimum atomic E-state index is -5.08. The minimum Gasteiger partial charge on any atom is -0.475 e. The highest BCUT2D eigenvalue weighted by molar-refractivity contribution is 9.10. The molecule has 122 valence electrons. The third-order valence-corrected chi connectivity index (χ3v) is 3.01. The lowest BCUT2D eigenvalue weighted by Crippen LogP contribution is -2.21. The highest BCUT2D eigenvalue weighted by Gasteiger charge is 2.38. The van der Waals surface area contributed by atoms with Gasteiger partial charge in [-0.05, 0) is 22.0 Å². The molecule has 0 saturated carbocycles. The van der Waals surface area contributed by atoms with E-state index in [2.05, 4.69) is 36.0 Å². The van der Waals surface area contributed by atoms with Crippen molar-refractivity contribution in [3.8, 4) is 0 Å². The molecule has 0 aromatic carbocycles. The van der Waals surface area contributed by atoms with Gasteiger partial charge >= 0.3 is 12.1 Å². The van der Waals surface area contributed by atoms with Crippen LogP contribution in [-0.2, 0) is 11.3 Å². The quantitative estimate of drug-likeness (QED) is 0.713. The van der Waals surface area contributed by atoms with Crippen molar-refractivity contribution in [1.29, 1.82) is 0 Å². The summed E-state index contributed by atoms with van der Waals surface area (Å²) >= 11 is 3.38. The molecule has 1 N–H and O–H groups in total. The van der Waals surface area contributed by atoms with E-state index < -0.39 is 12.1 Å². The lowest BCUT2D eigenvalue weighted by Gasteiger charge is -2.01. The van der Waals surface area contributed by atoms with E-state index in [1.807, 2.05) is 16.7 Å². The van der Waals surface area contributed by atoms with Gasteiger partial charge < -0.3 is 5.11 Å². The molecule has 0 radical (unpaired) electrons. The fourth-order valence-corrected chi connectivity index (χ4v) is 1.83. The van der Waals surface area contributed by atoms with Crippen LogP contribution in [0.15, 0.2) is 35.7 Å². The smallest absolute Gasteiger partial charge is 0.475 e. The predicted molar refractivity (Wildman–Crippen MR) is 73.5 cm³/mol. The standard InChI is InChI=1S/C9H7BrN6.C2HF3O2/c10-8-3-12-9-14-7(1-2-16(8)9)4-15-6-11-5-13-15;3-2(4,5)1(6)7/h1-3,5-6H,4H2;(H,6,7). The van der Waals surface area contributed by atoms with Gasteiger partial charge in [0.2, 0.25) is 5.78 Å². The molecule has 0 aliphatic heterocycles. The Kier molecular flexibility index (Phi) is 4.93. The number of nitrogens with zero attached hydrogens (tertiary/aromatic N) is 6. The molecule has 23 heavy (non-hydrogen) atoms. The van der Waals surface area contributed by atoms with Gasteiger partial charge in [-0.15, -0.1) is 0 Å². The number of imidazole rings is 1. The van der Waals surface area contributed by atoms with Gasteiger partial charge in [0.05, 0.1) is 18.4 Å². The molecule has 0 bridgehead atoms. The van der Waals surface area contributed by atoms with Gasteiger partial charge in [-0.25, -0.2) is 24.4 Å². The van der Waals surface area contributed by atoms with E-state index in [-0.39, 0.29) is 0 Å². The summed E-state index contributed by atoms with van der Waals surface area (Å²) in [5, 5.41) is 11.2. The Balaban J connectivity index is 0.000000236. The average molecular weight is 393 g/mol. The molecule has 8 nitrogen and oxygen atoms in total. The zero-order valence-electron chi connectivity index (χ0n) is 11.1. The van der Waals surface area contributed by atoms with Gasteiger partial charge in [-0.1, -0.05) is 0 Å². The highest BCUT2D eigenvalue weighted by atomic mass is 79.9. The van der Waals surface area contributed by atoms with Crippen LogP contribution in [0.5, 0.6) is 0 Å². The fraction of sp³-hybridized carbons (Fsp3) is 0.182. The van der Waals surface area contributed by atoms with Gasteiger partial charge in [-0.2, -0.15) is 18.3 Å². The third-order valence-electron chi connectivity index (χ3n) is 2.42. The Morgan fingerprint density at radius 1 is 1.39 bits per heavy atom. The molecule has 0 unspecified atom stereocenters. The maximum Gasteiger partial charge on any atom is 0.490 e. The summed E-state index contributed by atoms with van der Waals surface area (Å²) in [4.78, 5) is 21.3. The van der Waals surface area contributed by atoms with Crippen LogP contribution >= 0.6 is 15.9 Å². The summed E-state index contributed by atoms with van der Waals surface area (Å²) in [7, 11) is 0. The number of carbonyl (C=O) groups is 1. The zero-order chi connectivity index (χ0) is 17.0. The van der Waals surface area contributed by atoms with E-state index >= 15 is 0 Å². The molecule has 0 saturated heterocycles. The van der Waals surface area contributed by atoms with Gasteiger partial charge in [-0.3, -0.25) is 4.40 Å². The summed E-state index contributed by atoms with van der Waals surface area (Å²) in [5.41, 5.74) is 0.899. The molecule has 3 aromatic heterocycles. The van der Waals surface area contributed by atoms with Crippen molar-refractivity contribution in [2.24, 2.45) is 0 Å². The summed E-state index contributed by atoms with van der Waals surface area (Å²) in [5.74, 6) is -2.09. The molecule has 0 fully saturated rings. The molecule has 0 atom stereocenters. The van der Waals surface area contributed by atoms with Crippen LogP contribution in [0.4, 0.5) is 13.2 Å². The molecule has 3 rings (SSSR count). The van der Waals surface area contributed by atoms with Crippen molar-refractivity contribution >= 4 is 27.7 Å².